The number of phenols is 1. The summed E-state index contributed by atoms with van der Waals surface area (Å²) in [5.41, 5.74) is 20.2. The van der Waals surface area contributed by atoms with Crippen LogP contribution in [0.4, 0.5) is 0 Å². The Balaban J connectivity index is 1.39. The number of hydrogen-bond donors (Lipinski definition) is 15. The molecule has 77 heavy (non-hydrogen) atoms. The monoisotopic (exact) mass is 1100 g/mol. The van der Waals surface area contributed by atoms with E-state index >= 15 is 0 Å². The van der Waals surface area contributed by atoms with Crippen molar-refractivity contribution >= 4 is 94.2 Å². The van der Waals surface area contributed by atoms with Crippen LogP contribution in [-0.2, 0) is 57.6 Å². The van der Waals surface area contributed by atoms with Crippen LogP contribution in [0.15, 0.2) is 97.2 Å². The van der Waals surface area contributed by atoms with Crippen LogP contribution >= 0.6 is 25.3 Å². The molecule has 0 saturated heterocycles. The average molecular weight is 1100 g/mol. The predicted octanol–water partition coefficient (Wildman–Crippen LogP) is 0.286. The van der Waals surface area contributed by atoms with Gasteiger partial charge < -0.3 is 69.6 Å². The summed E-state index contributed by atoms with van der Waals surface area (Å²) < 4.78 is 0. The van der Waals surface area contributed by atoms with Crippen LogP contribution in [0.25, 0.3) is 21.7 Å². The molecule has 16 N–H and O–H groups in total. The maximum absolute atomic E-state index is 14.8. The summed E-state index contributed by atoms with van der Waals surface area (Å²) in [5, 5.41) is 41.3. The number of aromatic hydroxyl groups is 1. The number of phenolic OH excluding ortho intramolecular Hbond substituents is 1. The van der Waals surface area contributed by atoms with Gasteiger partial charge in [0.1, 0.15) is 48.0 Å². The van der Waals surface area contributed by atoms with E-state index in [0.29, 0.717) is 24.0 Å². The van der Waals surface area contributed by atoms with Gasteiger partial charge in [-0.3, -0.25) is 38.4 Å². The highest BCUT2D eigenvalue weighted by molar-refractivity contribution is 7.80. The molecule has 0 bridgehead atoms. The Morgan fingerprint density at radius 3 is 1.70 bits per heavy atom. The van der Waals surface area contributed by atoms with Crippen LogP contribution in [0.2, 0.25) is 0 Å². The third-order valence-electron chi connectivity index (χ3n) is 12.9. The van der Waals surface area contributed by atoms with E-state index < -0.39 is 108 Å². The van der Waals surface area contributed by atoms with E-state index in [1.807, 2.05) is 60.7 Å². The molecule has 23 heteroatoms. The first kappa shape index (κ1) is 60.7. The molecule has 0 aliphatic rings. The number of amides is 8. The Morgan fingerprint density at radius 2 is 1.09 bits per heavy atom. The molecule has 0 fully saturated rings. The highest BCUT2D eigenvalue weighted by Crippen LogP contribution is 2.21. The number of carbonyl (C=O) groups excluding carboxylic acids is 8. The van der Waals surface area contributed by atoms with E-state index in [4.69, 9.17) is 17.2 Å². The molecule has 4 aromatic carbocycles. The van der Waals surface area contributed by atoms with Crippen molar-refractivity contribution in [1.29, 1.82) is 0 Å². The molecule has 0 unspecified atom stereocenters. The number of primary amides is 1. The molecule has 0 aliphatic carbocycles. The number of rotatable bonds is 29. The van der Waals surface area contributed by atoms with Gasteiger partial charge >= 0.3 is 0 Å². The fourth-order valence-electron chi connectivity index (χ4n) is 8.50. The lowest BCUT2D eigenvalue weighted by molar-refractivity contribution is -0.136. The Morgan fingerprint density at radius 1 is 0.571 bits per heavy atom. The highest BCUT2D eigenvalue weighted by atomic mass is 32.1. The van der Waals surface area contributed by atoms with Gasteiger partial charge in [-0.25, -0.2) is 0 Å². The van der Waals surface area contributed by atoms with Gasteiger partial charge in [-0.15, -0.1) is 0 Å². The fraction of sp³-hybridized carbons (Fsp3) is 0.407. The summed E-state index contributed by atoms with van der Waals surface area (Å²) in [4.78, 5) is 113. The van der Waals surface area contributed by atoms with Crippen molar-refractivity contribution in [3.63, 3.8) is 0 Å². The molecule has 5 rings (SSSR count). The molecule has 0 spiro atoms. The van der Waals surface area contributed by atoms with Gasteiger partial charge in [-0.05, 0) is 90.7 Å². The molecule has 0 aliphatic heterocycles. The van der Waals surface area contributed by atoms with Gasteiger partial charge in [-0.1, -0.05) is 86.6 Å². The van der Waals surface area contributed by atoms with Crippen LogP contribution in [0.5, 0.6) is 5.75 Å². The smallest absolute Gasteiger partial charge is 0.244 e. The summed E-state index contributed by atoms with van der Waals surface area (Å²) in [7, 11) is 0. The second-order valence-corrected chi connectivity index (χ2v) is 20.0. The highest BCUT2D eigenvalue weighted by Gasteiger charge is 2.36. The zero-order valence-electron chi connectivity index (χ0n) is 43.2. The molecule has 1 aromatic heterocycles. The number of H-pyrrole nitrogens is 1. The zero-order chi connectivity index (χ0) is 56.3. The Labute approximate surface area is 457 Å². The number of aromatic nitrogens is 1. The van der Waals surface area contributed by atoms with Crippen LogP contribution in [0.1, 0.15) is 56.7 Å². The van der Waals surface area contributed by atoms with Gasteiger partial charge in [0, 0.05) is 41.4 Å². The number of benzene rings is 4. The molecule has 5 aromatic rings. The van der Waals surface area contributed by atoms with Crippen molar-refractivity contribution in [2.75, 3.05) is 18.1 Å². The van der Waals surface area contributed by atoms with Gasteiger partial charge in [0.25, 0.3) is 0 Å². The van der Waals surface area contributed by atoms with Crippen molar-refractivity contribution in [3.05, 3.63) is 114 Å². The van der Waals surface area contributed by atoms with Gasteiger partial charge in [0.05, 0.1) is 12.1 Å². The lowest BCUT2D eigenvalue weighted by atomic mass is 10.00. The maximum Gasteiger partial charge on any atom is 0.244 e. The minimum atomic E-state index is -1.46. The second-order valence-electron chi connectivity index (χ2n) is 19.2. The van der Waals surface area contributed by atoms with Crippen molar-refractivity contribution in [1.82, 2.24) is 42.2 Å². The first-order valence-corrected chi connectivity index (χ1v) is 26.6. The summed E-state index contributed by atoms with van der Waals surface area (Å²) in [6, 6.07) is 16.2. The summed E-state index contributed by atoms with van der Waals surface area (Å²) in [6.07, 6.45) is 1.12. The number of thiol groups is 2. The molecular weight excluding hydrogens is 1030 g/mol. The quantitative estimate of drug-likeness (QED) is 0.0227. The average Bonchev–Trinajstić information content (AvgIpc) is 3.82. The number of aliphatic hydroxyl groups is 1. The maximum atomic E-state index is 14.8. The molecule has 414 valence electrons. The van der Waals surface area contributed by atoms with Crippen LogP contribution < -0.4 is 54.4 Å². The third-order valence-corrected chi connectivity index (χ3v) is 13.6. The number of nitrogens with two attached hydrogens (primary N) is 3. The molecular formula is C54H71N11O10S2. The second kappa shape index (κ2) is 29.4. The van der Waals surface area contributed by atoms with E-state index in [-0.39, 0.29) is 49.5 Å². The number of fused-ring (bicyclic) bond motifs is 2. The molecule has 0 saturated carbocycles. The molecule has 0 radical (unpaired) electrons. The van der Waals surface area contributed by atoms with Crippen molar-refractivity contribution in [2.24, 2.45) is 23.1 Å². The van der Waals surface area contributed by atoms with Crippen LogP contribution in [0.3, 0.4) is 0 Å². The molecule has 8 amide bonds. The van der Waals surface area contributed by atoms with E-state index in [2.05, 4.69) is 67.5 Å². The first-order valence-electron chi connectivity index (χ1n) is 25.3. The number of para-hydroxylation sites is 1. The largest absolute Gasteiger partial charge is 0.508 e. The zero-order valence-corrected chi connectivity index (χ0v) is 45.0. The molecule has 9 atom stereocenters. The van der Waals surface area contributed by atoms with Gasteiger partial charge in [0.15, 0.2) is 0 Å². The predicted molar refractivity (Wildman–Crippen MR) is 299 cm³/mol. The minimum absolute atomic E-state index is 0.0459. The number of hydrogen-bond acceptors (Lipinski definition) is 14. The van der Waals surface area contributed by atoms with Crippen LogP contribution in [-0.4, -0.2) is 135 Å². The van der Waals surface area contributed by atoms with E-state index in [9.17, 15) is 48.6 Å². The standard InChI is InChI=1S/C54H71N11O10S2/c1-29(2)45(54(75)63-44(28-77)53(74)65-46(30(3)66)47(57)68)64-49(70)40(14-8-9-21-55)59-51(72)42(25-35-26-58-39-13-7-6-12-37(35)39)61-50(71)41(24-31-16-19-36(67)20-17-31)60-52(73)43(27-76)62-48(69)38(56)23-32-15-18-33-10-4-5-11-34(33)22-32/h4-7,10-13,15-20,22,26,29-30,38,40-46,58,66-67,76-77H,8-9,14,21,23-25,27-28,55-56H2,1-3H3,(H2,57,68)(H,59,72)(H,60,73)(H,61,71)(H,62,69)(H,63,75)(H,64,70)(H,65,74)/t30-,38+,40+,41+,42-,43-,44+,45+,46+/m1/s1. The van der Waals surface area contributed by atoms with Crippen molar-refractivity contribution in [2.45, 2.75) is 114 Å². The van der Waals surface area contributed by atoms with Gasteiger partial charge in [0.2, 0.25) is 47.3 Å². The normalized spacial score (nSPS) is 14.9. The number of carbonyl (C=O) groups is 8. The summed E-state index contributed by atoms with van der Waals surface area (Å²) in [5.74, 6) is -7.51. The number of unbranched alkanes of at least 4 members (excludes halogenated alkanes) is 1. The first-order chi connectivity index (χ1) is 36.7. The number of aliphatic hydroxyl groups excluding tert-OH is 1. The van der Waals surface area contributed by atoms with Crippen molar-refractivity contribution in [3.8, 4) is 5.75 Å². The molecule has 21 nitrogen and oxygen atoms in total. The van der Waals surface area contributed by atoms with Gasteiger partial charge in [-0.2, -0.15) is 25.3 Å². The molecule has 1 heterocycles. The number of aromatic amines is 1. The van der Waals surface area contributed by atoms with E-state index in [0.717, 1.165) is 27.2 Å². The summed E-state index contributed by atoms with van der Waals surface area (Å²) >= 11 is 8.54. The fourth-order valence-corrected chi connectivity index (χ4v) is 9.01. The Bertz CT molecular complexity index is 2850. The van der Waals surface area contributed by atoms with Crippen LogP contribution in [0, 0.1) is 5.92 Å². The van der Waals surface area contributed by atoms with Crippen molar-refractivity contribution < 1.29 is 48.6 Å². The Hall–Kier alpha value is -7.18. The summed E-state index contributed by atoms with van der Waals surface area (Å²) in [6.45, 7) is 4.81. The Kier molecular flexibility index (Phi) is 23.1. The minimum Gasteiger partial charge on any atom is -0.508 e. The lowest BCUT2D eigenvalue weighted by Gasteiger charge is -2.29. The number of nitrogens with one attached hydrogen (secondary N) is 8. The lowest BCUT2D eigenvalue weighted by Crippen LogP contribution is -2.62. The topological polar surface area (TPSA) is 355 Å². The van der Waals surface area contributed by atoms with E-state index in [1.54, 1.807) is 38.2 Å². The third kappa shape index (κ3) is 17.7. The SMILES string of the molecule is CC(C)[C@H](NC(=O)[C@H](CCCCN)NC(=O)[C@@H](Cc1c[nH]c2ccccc12)NC(=O)[C@H](Cc1ccc(O)cc1)NC(=O)[C@@H](CS)NC(=O)[C@@H](N)Cc1ccc2ccccc2c1)C(=O)N[C@@H](CS)C(=O)N[C@H](C(N)=O)[C@@H](C)O. The van der Waals surface area contributed by atoms with E-state index in [1.165, 1.54) is 19.1 Å².